The fourth-order valence-corrected chi connectivity index (χ4v) is 3.83. The first-order valence-corrected chi connectivity index (χ1v) is 7.09. The minimum absolute atomic E-state index is 0.836. The van der Waals surface area contributed by atoms with Gasteiger partial charge >= 0.3 is 0 Å². The van der Waals surface area contributed by atoms with Crippen molar-refractivity contribution in [3.8, 4) is 0 Å². The molecule has 3 saturated heterocycles. The van der Waals surface area contributed by atoms with E-state index in [0.717, 1.165) is 18.1 Å². The van der Waals surface area contributed by atoms with Gasteiger partial charge < -0.3 is 10.2 Å². The SMILES string of the molecule is CCN(C1CNC1)C1CCN2CCCC2C1. The zero-order valence-electron chi connectivity index (χ0n) is 10.5. The number of hydrogen-bond donors (Lipinski definition) is 1. The van der Waals surface area contributed by atoms with Gasteiger partial charge in [0.05, 0.1) is 0 Å². The maximum Gasteiger partial charge on any atom is 0.0348 e. The van der Waals surface area contributed by atoms with Crippen LogP contribution in [0.1, 0.15) is 32.6 Å². The zero-order valence-corrected chi connectivity index (χ0v) is 10.5. The molecule has 92 valence electrons. The van der Waals surface area contributed by atoms with E-state index in [2.05, 4.69) is 22.0 Å². The summed E-state index contributed by atoms with van der Waals surface area (Å²) in [7, 11) is 0. The number of hydrogen-bond acceptors (Lipinski definition) is 3. The van der Waals surface area contributed by atoms with Gasteiger partial charge in [0.25, 0.3) is 0 Å². The van der Waals surface area contributed by atoms with Gasteiger partial charge in [0.2, 0.25) is 0 Å². The molecule has 0 spiro atoms. The highest BCUT2D eigenvalue weighted by Crippen LogP contribution is 2.30. The molecule has 2 atom stereocenters. The first-order valence-electron chi connectivity index (χ1n) is 7.09. The van der Waals surface area contributed by atoms with E-state index in [1.807, 2.05) is 0 Å². The molecule has 1 N–H and O–H groups in total. The Morgan fingerprint density at radius 2 is 2.06 bits per heavy atom. The van der Waals surface area contributed by atoms with Crippen LogP contribution in [0.25, 0.3) is 0 Å². The highest BCUT2D eigenvalue weighted by atomic mass is 15.3. The predicted molar refractivity (Wildman–Crippen MR) is 66.7 cm³/mol. The standard InChI is InChI=1S/C13H25N3/c1-2-16(13-9-14-10-13)12-5-7-15-6-3-4-11(15)8-12/h11-14H,2-10H2,1H3. The fourth-order valence-electron chi connectivity index (χ4n) is 3.83. The molecule has 0 aromatic rings. The Bertz CT molecular complexity index is 239. The van der Waals surface area contributed by atoms with E-state index in [0.29, 0.717) is 0 Å². The topological polar surface area (TPSA) is 18.5 Å². The Kier molecular flexibility index (Phi) is 3.18. The van der Waals surface area contributed by atoms with E-state index in [1.54, 1.807) is 0 Å². The molecule has 3 aliphatic heterocycles. The minimum atomic E-state index is 0.836. The molecule has 3 nitrogen and oxygen atoms in total. The molecule has 0 amide bonds. The van der Waals surface area contributed by atoms with Crippen LogP contribution in [0.2, 0.25) is 0 Å². The van der Waals surface area contributed by atoms with Crippen molar-refractivity contribution in [3.05, 3.63) is 0 Å². The highest BCUT2D eigenvalue weighted by Gasteiger charge is 2.36. The number of fused-ring (bicyclic) bond motifs is 1. The molecule has 0 aromatic heterocycles. The molecule has 0 radical (unpaired) electrons. The lowest BCUT2D eigenvalue weighted by Gasteiger charge is -2.46. The second-order valence-corrected chi connectivity index (χ2v) is 5.65. The lowest BCUT2D eigenvalue weighted by Crippen LogP contribution is -2.61. The van der Waals surface area contributed by atoms with Gasteiger partial charge in [-0.05, 0) is 45.3 Å². The molecule has 3 fully saturated rings. The van der Waals surface area contributed by atoms with Crippen molar-refractivity contribution in [1.82, 2.24) is 15.1 Å². The zero-order chi connectivity index (χ0) is 11.0. The van der Waals surface area contributed by atoms with Crippen LogP contribution in [0, 0.1) is 0 Å². The molecule has 0 saturated carbocycles. The van der Waals surface area contributed by atoms with Gasteiger partial charge in [0.15, 0.2) is 0 Å². The second kappa shape index (κ2) is 4.63. The molecule has 0 aliphatic carbocycles. The molecule has 0 bridgehead atoms. The van der Waals surface area contributed by atoms with Gasteiger partial charge in [-0.3, -0.25) is 4.90 Å². The van der Waals surface area contributed by atoms with Crippen molar-refractivity contribution in [1.29, 1.82) is 0 Å². The normalized spacial score (nSPS) is 36.4. The van der Waals surface area contributed by atoms with Crippen molar-refractivity contribution >= 4 is 0 Å². The first-order chi connectivity index (χ1) is 7.88. The van der Waals surface area contributed by atoms with Gasteiger partial charge in [-0.15, -0.1) is 0 Å². The van der Waals surface area contributed by atoms with Crippen LogP contribution in [-0.2, 0) is 0 Å². The van der Waals surface area contributed by atoms with Crippen molar-refractivity contribution in [2.45, 2.75) is 50.7 Å². The first kappa shape index (κ1) is 11.0. The molecule has 3 rings (SSSR count). The maximum absolute atomic E-state index is 3.41. The number of likely N-dealkylation sites (N-methyl/N-ethyl adjacent to an activating group) is 1. The predicted octanol–water partition coefficient (Wildman–Crippen LogP) is 0.907. The molecular weight excluding hydrogens is 198 g/mol. The molecule has 3 heterocycles. The third-order valence-corrected chi connectivity index (χ3v) is 4.86. The monoisotopic (exact) mass is 223 g/mol. The molecular formula is C13H25N3. The third-order valence-electron chi connectivity index (χ3n) is 4.86. The number of nitrogens with zero attached hydrogens (tertiary/aromatic N) is 2. The van der Waals surface area contributed by atoms with Crippen LogP contribution in [0.15, 0.2) is 0 Å². The van der Waals surface area contributed by atoms with E-state index < -0.39 is 0 Å². The average molecular weight is 223 g/mol. The largest absolute Gasteiger partial charge is 0.314 e. The highest BCUT2D eigenvalue weighted by molar-refractivity contribution is 4.94. The lowest BCUT2D eigenvalue weighted by molar-refractivity contribution is 0.0429. The van der Waals surface area contributed by atoms with E-state index in [-0.39, 0.29) is 0 Å². The summed E-state index contributed by atoms with van der Waals surface area (Å²) in [6, 6.07) is 2.63. The van der Waals surface area contributed by atoms with E-state index >= 15 is 0 Å². The summed E-state index contributed by atoms with van der Waals surface area (Å²) in [6.07, 6.45) is 5.73. The number of nitrogens with one attached hydrogen (secondary N) is 1. The second-order valence-electron chi connectivity index (χ2n) is 5.65. The van der Waals surface area contributed by atoms with Crippen LogP contribution in [0.3, 0.4) is 0 Å². The van der Waals surface area contributed by atoms with Gasteiger partial charge in [0.1, 0.15) is 0 Å². The average Bonchev–Trinajstić information content (AvgIpc) is 2.69. The van der Waals surface area contributed by atoms with Crippen molar-refractivity contribution in [2.75, 3.05) is 32.7 Å². The molecule has 16 heavy (non-hydrogen) atoms. The third kappa shape index (κ3) is 1.89. The van der Waals surface area contributed by atoms with Crippen LogP contribution < -0.4 is 5.32 Å². The molecule has 3 aliphatic rings. The van der Waals surface area contributed by atoms with E-state index in [4.69, 9.17) is 0 Å². The van der Waals surface area contributed by atoms with Gasteiger partial charge in [-0.2, -0.15) is 0 Å². The lowest BCUT2D eigenvalue weighted by atomic mass is 9.94. The fraction of sp³-hybridized carbons (Fsp3) is 1.00. The van der Waals surface area contributed by atoms with Crippen LogP contribution in [0.4, 0.5) is 0 Å². The van der Waals surface area contributed by atoms with Crippen molar-refractivity contribution in [2.24, 2.45) is 0 Å². The Balaban J connectivity index is 1.61. The smallest absolute Gasteiger partial charge is 0.0348 e. The van der Waals surface area contributed by atoms with E-state index in [9.17, 15) is 0 Å². The summed E-state index contributed by atoms with van der Waals surface area (Å²) in [5.74, 6) is 0. The number of piperidine rings is 1. The summed E-state index contributed by atoms with van der Waals surface area (Å²) in [6.45, 7) is 8.74. The van der Waals surface area contributed by atoms with Crippen LogP contribution in [0.5, 0.6) is 0 Å². The van der Waals surface area contributed by atoms with Crippen molar-refractivity contribution in [3.63, 3.8) is 0 Å². The summed E-state index contributed by atoms with van der Waals surface area (Å²) < 4.78 is 0. The maximum atomic E-state index is 3.41. The number of rotatable bonds is 3. The van der Waals surface area contributed by atoms with Crippen LogP contribution in [-0.4, -0.2) is 60.6 Å². The van der Waals surface area contributed by atoms with E-state index in [1.165, 1.54) is 58.4 Å². The van der Waals surface area contributed by atoms with Gasteiger partial charge in [0, 0.05) is 31.2 Å². The Morgan fingerprint density at radius 1 is 1.19 bits per heavy atom. The minimum Gasteiger partial charge on any atom is -0.314 e. The summed E-state index contributed by atoms with van der Waals surface area (Å²) in [4.78, 5) is 5.50. The summed E-state index contributed by atoms with van der Waals surface area (Å²) in [5, 5.41) is 3.41. The van der Waals surface area contributed by atoms with Gasteiger partial charge in [-0.1, -0.05) is 6.92 Å². The molecule has 2 unspecified atom stereocenters. The quantitative estimate of drug-likeness (QED) is 0.767. The summed E-state index contributed by atoms with van der Waals surface area (Å²) >= 11 is 0. The Hall–Kier alpha value is -0.120. The molecule has 0 aromatic carbocycles. The van der Waals surface area contributed by atoms with Crippen molar-refractivity contribution < 1.29 is 0 Å². The Labute approximate surface area is 99.2 Å². The van der Waals surface area contributed by atoms with Gasteiger partial charge in [-0.25, -0.2) is 0 Å². The Morgan fingerprint density at radius 3 is 2.75 bits per heavy atom. The van der Waals surface area contributed by atoms with Crippen LogP contribution >= 0.6 is 0 Å². The molecule has 3 heteroatoms. The summed E-state index contributed by atoms with van der Waals surface area (Å²) in [5.41, 5.74) is 0.